The SMILES string of the molecule is Cc1ccc(-n2nc(C(C)(C)C)cc2NC(=O)Nc2cccc(CC3CCN(C(=O)C4CCCCC4)CC3)c2)cc1. The fourth-order valence-electron chi connectivity index (χ4n) is 6.07. The zero-order chi connectivity index (χ0) is 29.0. The van der Waals surface area contributed by atoms with Crippen molar-refractivity contribution < 1.29 is 9.59 Å². The summed E-state index contributed by atoms with van der Waals surface area (Å²) in [7, 11) is 0. The van der Waals surface area contributed by atoms with Crippen molar-refractivity contribution in [3.8, 4) is 5.69 Å². The molecule has 1 aromatic heterocycles. The summed E-state index contributed by atoms with van der Waals surface area (Å²) >= 11 is 0. The van der Waals surface area contributed by atoms with Crippen molar-refractivity contribution in [1.82, 2.24) is 14.7 Å². The van der Waals surface area contributed by atoms with Gasteiger partial charge in [0.05, 0.1) is 11.4 Å². The number of aryl methyl sites for hydroxylation is 1. The molecule has 2 aliphatic rings. The molecular weight excluding hydrogens is 510 g/mol. The molecule has 7 nitrogen and oxygen atoms in total. The first-order chi connectivity index (χ1) is 19.7. The van der Waals surface area contributed by atoms with E-state index in [4.69, 9.17) is 5.10 Å². The molecule has 0 atom stereocenters. The van der Waals surface area contributed by atoms with Crippen molar-refractivity contribution in [2.24, 2.45) is 11.8 Å². The van der Waals surface area contributed by atoms with Gasteiger partial charge in [-0.05, 0) is 74.8 Å². The van der Waals surface area contributed by atoms with Gasteiger partial charge in [-0.2, -0.15) is 5.10 Å². The van der Waals surface area contributed by atoms with Crippen LogP contribution in [0.4, 0.5) is 16.3 Å². The number of carbonyl (C=O) groups excluding carboxylic acids is 2. The van der Waals surface area contributed by atoms with E-state index in [9.17, 15) is 9.59 Å². The zero-order valence-electron chi connectivity index (χ0n) is 25.1. The maximum atomic E-state index is 13.1. The molecule has 1 aliphatic carbocycles. The average Bonchev–Trinajstić information content (AvgIpc) is 3.38. The smallest absolute Gasteiger partial charge is 0.324 e. The summed E-state index contributed by atoms with van der Waals surface area (Å²) in [6.45, 7) is 10.1. The number of likely N-dealkylation sites (tertiary alicyclic amines) is 1. The number of anilines is 2. The summed E-state index contributed by atoms with van der Waals surface area (Å²) in [5.41, 5.74) is 4.79. The summed E-state index contributed by atoms with van der Waals surface area (Å²) in [4.78, 5) is 28.2. The van der Waals surface area contributed by atoms with Crippen LogP contribution in [0.5, 0.6) is 0 Å². The molecular formula is C34H45N5O2. The normalized spacial score (nSPS) is 16.9. The Morgan fingerprint density at radius 1 is 0.902 bits per heavy atom. The number of nitrogens with zero attached hydrogens (tertiary/aromatic N) is 3. The molecule has 1 saturated heterocycles. The van der Waals surface area contributed by atoms with Crippen molar-refractivity contribution in [2.45, 2.75) is 84.5 Å². The van der Waals surface area contributed by atoms with Gasteiger partial charge in [0.1, 0.15) is 5.82 Å². The molecule has 1 aliphatic heterocycles. The summed E-state index contributed by atoms with van der Waals surface area (Å²) in [5.74, 6) is 1.82. The maximum Gasteiger partial charge on any atom is 0.324 e. The van der Waals surface area contributed by atoms with Gasteiger partial charge in [-0.3, -0.25) is 10.1 Å². The van der Waals surface area contributed by atoms with Crippen molar-refractivity contribution in [1.29, 1.82) is 0 Å². The number of piperidine rings is 1. The summed E-state index contributed by atoms with van der Waals surface area (Å²) in [6.07, 6.45) is 8.84. The van der Waals surface area contributed by atoms with Gasteiger partial charge in [0.25, 0.3) is 0 Å². The lowest BCUT2D eigenvalue weighted by Gasteiger charge is -2.35. The van der Waals surface area contributed by atoms with Gasteiger partial charge in [0.2, 0.25) is 5.91 Å². The molecule has 3 aromatic rings. The van der Waals surface area contributed by atoms with Gasteiger partial charge >= 0.3 is 6.03 Å². The van der Waals surface area contributed by atoms with E-state index in [1.165, 1.54) is 30.4 Å². The molecule has 0 bridgehead atoms. The predicted molar refractivity (Wildman–Crippen MR) is 166 cm³/mol. The van der Waals surface area contributed by atoms with Gasteiger partial charge in [-0.15, -0.1) is 0 Å². The largest absolute Gasteiger partial charge is 0.342 e. The molecule has 41 heavy (non-hydrogen) atoms. The summed E-state index contributed by atoms with van der Waals surface area (Å²) in [6, 6.07) is 17.9. The Kier molecular flexibility index (Phi) is 8.81. The van der Waals surface area contributed by atoms with Gasteiger partial charge in [-0.1, -0.05) is 69.9 Å². The van der Waals surface area contributed by atoms with Gasteiger partial charge in [-0.25, -0.2) is 9.48 Å². The minimum atomic E-state index is -0.301. The third-order valence-corrected chi connectivity index (χ3v) is 8.59. The Morgan fingerprint density at radius 2 is 1.61 bits per heavy atom. The Morgan fingerprint density at radius 3 is 2.29 bits per heavy atom. The van der Waals surface area contributed by atoms with E-state index in [2.05, 4.69) is 55.4 Å². The molecule has 2 fully saturated rings. The first-order valence-electron chi connectivity index (χ1n) is 15.3. The molecule has 218 valence electrons. The van der Waals surface area contributed by atoms with Crippen LogP contribution in [0.1, 0.15) is 82.5 Å². The van der Waals surface area contributed by atoms with Crippen LogP contribution < -0.4 is 10.6 Å². The lowest BCUT2D eigenvalue weighted by molar-refractivity contribution is -0.138. The molecule has 2 N–H and O–H groups in total. The van der Waals surface area contributed by atoms with Gasteiger partial charge in [0, 0.05) is 36.2 Å². The van der Waals surface area contributed by atoms with E-state index in [-0.39, 0.29) is 17.4 Å². The fraction of sp³-hybridized carbons (Fsp3) is 0.500. The first-order valence-corrected chi connectivity index (χ1v) is 15.3. The first kappa shape index (κ1) is 28.9. The molecule has 1 saturated carbocycles. The summed E-state index contributed by atoms with van der Waals surface area (Å²) < 4.78 is 1.79. The Bertz CT molecular complexity index is 1340. The number of hydrogen-bond donors (Lipinski definition) is 2. The van der Waals surface area contributed by atoms with Crippen LogP contribution in [0.25, 0.3) is 5.69 Å². The second-order valence-electron chi connectivity index (χ2n) is 13.0. The van der Waals surface area contributed by atoms with Crippen LogP contribution in [0.3, 0.4) is 0 Å². The molecule has 0 unspecified atom stereocenters. The molecule has 0 radical (unpaired) electrons. The highest BCUT2D eigenvalue weighted by molar-refractivity contribution is 5.99. The highest BCUT2D eigenvalue weighted by atomic mass is 16.2. The van der Waals surface area contributed by atoms with Crippen molar-refractivity contribution in [3.05, 3.63) is 71.4 Å². The molecule has 5 rings (SSSR count). The van der Waals surface area contributed by atoms with Crippen LogP contribution in [0.2, 0.25) is 0 Å². The maximum absolute atomic E-state index is 13.1. The predicted octanol–water partition coefficient (Wildman–Crippen LogP) is 7.48. The minimum absolute atomic E-state index is 0.156. The van der Waals surface area contributed by atoms with Crippen molar-refractivity contribution in [3.63, 3.8) is 0 Å². The lowest BCUT2D eigenvalue weighted by atomic mass is 9.86. The average molecular weight is 556 g/mol. The number of urea groups is 1. The standard InChI is InChI=1S/C34H45N5O2/c1-24-13-15-29(16-14-24)39-31(23-30(37-39)34(2,3)4)36-33(41)35-28-12-8-9-26(22-28)21-25-17-19-38(20-18-25)32(40)27-10-6-5-7-11-27/h8-9,12-16,22-23,25,27H,5-7,10-11,17-21H2,1-4H3,(H2,35,36,41). The van der Waals surface area contributed by atoms with Crippen LogP contribution >= 0.6 is 0 Å². The van der Waals surface area contributed by atoms with Crippen molar-refractivity contribution in [2.75, 3.05) is 23.7 Å². The second-order valence-corrected chi connectivity index (χ2v) is 13.0. The molecule has 7 heteroatoms. The minimum Gasteiger partial charge on any atom is -0.342 e. The number of rotatable bonds is 6. The Balaban J connectivity index is 1.19. The highest BCUT2D eigenvalue weighted by Crippen LogP contribution is 2.30. The molecule has 3 amide bonds. The van der Waals surface area contributed by atoms with Crippen LogP contribution in [0.15, 0.2) is 54.6 Å². The molecule has 2 aromatic carbocycles. The van der Waals surface area contributed by atoms with Crippen LogP contribution in [-0.4, -0.2) is 39.7 Å². The Hall–Kier alpha value is -3.61. The van der Waals surface area contributed by atoms with E-state index < -0.39 is 0 Å². The molecule has 2 heterocycles. The topological polar surface area (TPSA) is 79.3 Å². The number of aromatic nitrogens is 2. The second kappa shape index (κ2) is 12.5. The number of carbonyl (C=O) groups is 2. The van der Waals surface area contributed by atoms with E-state index in [0.29, 0.717) is 17.6 Å². The third kappa shape index (κ3) is 7.38. The van der Waals surface area contributed by atoms with Crippen LogP contribution in [0, 0.1) is 18.8 Å². The highest BCUT2D eigenvalue weighted by Gasteiger charge is 2.29. The zero-order valence-corrected chi connectivity index (χ0v) is 25.1. The van der Waals surface area contributed by atoms with E-state index in [1.807, 2.05) is 42.5 Å². The van der Waals surface area contributed by atoms with Gasteiger partial charge in [0.15, 0.2) is 0 Å². The summed E-state index contributed by atoms with van der Waals surface area (Å²) in [5, 5.41) is 10.9. The number of benzene rings is 2. The quantitative estimate of drug-likeness (QED) is 0.331. The van der Waals surface area contributed by atoms with Gasteiger partial charge < -0.3 is 10.2 Å². The lowest BCUT2D eigenvalue weighted by Crippen LogP contribution is -2.42. The van der Waals surface area contributed by atoms with Crippen LogP contribution in [-0.2, 0) is 16.6 Å². The number of nitrogens with one attached hydrogen (secondary N) is 2. The van der Waals surface area contributed by atoms with Crippen molar-refractivity contribution >= 4 is 23.4 Å². The monoisotopic (exact) mass is 555 g/mol. The third-order valence-electron chi connectivity index (χ3n) is 8.59. The van der Waals surface area contributed by atoms with E-state index in [1.54, 1.807) is 4.68 Å². The van der Waals surface area contributed by atoms with E-state index in [0.717, 1.165) is 62.3 Å². The van der Waals surface area contributed by atoms with E-state index >= 15 is 0 Å². The Labute approximate surface area is 244 Å². The molecule has 0 spiro atoms. The fourth-order valence-corrected chi connectivity index (χ4v) is 6.07. The number of amides is 3. The number of hydrogen-bond acceptors (Lipinski definition) is 3.